The van der Waals surface area contributed by atoms with Crippen LogP contribution in [0, 0.1) is 6.92 Å². The molecular weight excluding hydrogens is 332 g/mol. The minimum Gasteiger partial charge on any atom is -0.338 e. The van der Waals surface area contributed by atoms with Crippen LogP contribution in [0.5, 0.6) is 0 Å². The van der Waals surface area contributed by atoms with Crippen LogP contribution in [0.2, 0.25) is 0 Å². The third-order valence-electron chi connectivity index (χ3n) is 3.91. The van der Waals surface area contributed by atoms with Crippen LogP contribution in [-0.2, 0) is 11.5 Å². The van der Waals surface area contributed by atoms with Crippen LogP contribution in [-0.4, -0.2) is 41.7 Å². The summed E-state index contributed by atoms with van der Waals surface area (Å²) in [6, 6.07) is 8.85. The van der Waals surface area contributed by atoms with Crippen LogP contribution in [0.25, 0.3) is 0 Å². The third-order valence-corrected chi connectivity index (χ3v) is 4.90. The maximum atomic E-state index is 5.39. The van der Waals surface area contributed by atoms with Crippen LogP contribution < -0.4 is 5.32 Å². The average Bonchev–Trinajstić information content (AvgIpc) is 2.98. The number of aryl methyl sites for hydroxylation is 1. The zero-order valence-electron chi connectivity index (χ0n) is 13.5. The van der Waals surface area contributed by atoms with Crippen molar-refractivity contribution < 1.29 is 4.52 Å². The Labute approximate surface area is 147 Å². The smallest absolute Gasteiger partial charge is 0.236 e. The summed E-state index contributed by atoms with van der Waals surface area (Å²) in [4.78, 5) is 6.82. The summed E-state index contributed by atoms with van der Waals surface area (Å²) < 4.78 is 5.39. The Balaban J connectivity index is 0.00000192. The number of hydrogen-bond acceptors (Lipinski definition) is 6. The van der Waals surface area contributed by atoms with Crippen molar-refractivity contribution in [3.8, 4) is 0 Å². The van der Waals surface area contributed by atoms with E-state index in [9.17, 15) is 0 Å². The molecule has 1 aromatic carbocycles. The molecule has 1 aliphatic rings. The number of thioether (sulfide) groups is 1. The lowest BCUT2D eigenvalue weighted by atomic mass is 10.2. The zero-order valence-corrected chi connectivity index (χ0v) is 15.1. The first-order valence-electron chi connectivity index (χ1n) is 7.59. The van der Waals surface area contributed by atoms with Gasteiger partial charge in [0.05, 0.1) is 11.8 Å². The predicted octanol–water partition coefficient (Wildman–Crippen LogP) is 2.81. The molecule has 2 aromatic rings. The number of halogens is 1. The van der Waals surface area contributed by atoms with Gasteiger partial charge >= 0.3 is 0 Å². The molecule has 1 unspecified atom stereocenters. The Morgan fingerprint density at radius 1 is 1.30 bits per heavy atom. The molecule has 126 valence electrons. The van der Waals surface area contributed by atoms with E-state index in [0.717, 1.165) is 37.0 Å². The van der Waals surface area contributed by atoms with E-state index in [1.165, 1.54) is 11.1 Å². The minimum absolute atomic E-state index is 0. The molecule has 3 rings (SSSR count). The van der Waals surface area contributed by atoms with Crippen molar-refractivity contribution in [3.05, 3.63) is 47.1 Å². The van der Waals surface area contributed by atoms with Gasteiger partial charge in [0.25, 0.3) is 0 Å². The van der Waals surface area contributed by atoms with Gasteiger partial charge in [0.1, 0.15) is 0 Å². The van der Waals surface area contributed by atoms with Gasteiger partial charge in [-0.2, -0.15) is 4.98 Å². The molecule has 1 N–H and O–H groups in total. The van der Waals surface area contributed by atoms with Crippen LogP contribution in [0.4, 0.5) is 0 Å². The Kier molecular flexibility index (Phi) is 6.89. The zero-order chi connectivity index (χ0) is 15.4. The first kappa shape index (κ1) is 18.3. The fourth-order valence-electron chi connectivity index (χ4n) is 2.50. The van der Waals surface area contributed by atoms with E-state index in [4.69, 9.17) is 4.52 Å². The first-order chi connectivity index (χ1) is 10.7. The Hall–Kier alpha value is -1.08. The number of piperazine rings is 1. The number of rotatable bonds is 5. The van der Waals surface area contributed by atoms with E-state index < -0.39 is 0 Å². The summed E-state index contributed by atoms with van der Waals surface area (Å²) in [6.07, 6.45) is 0. The molecule has 23 heavy (non-hydrogen) atoms. The fraction of sp³-hybridized carbons (Fsp3) is 0.500. The number of nitrogens with one attached hydrogen (secondary N) is 1. The lowest BCUT2D eigenvalue weighted by Gasteiger charge is -2.30. The van der Waals surface area contributed by atoms with E-state index in [1.807, 2.05) is 0 Å². The summed E-state index contributed by atoms with van der Waals surface area (Å²) in [5, 5.41) is 7.52. The highest BCUT2D eigenvalue weighted by Crippen LogP contribution is 2.21. The standard InChI is InChI=1S/C16H22N4OS.ClH/c1-12-3-5-13(6-4-12)10-22-11-15-18-16(19-21-15)14-9-17-7-8-20(14)2;/h3-6,14,17H,7-11H2,1-2H3;1H. The topological polar surface area (TPSA) is 54.2 Å². The second kappa shape index (κ2) is 8.68. The van der Waals surface area contributed by atoms with Crippen molar-refractivity contribution in [3.63, 3.8) is 0 Å². The monoisotopic (exact) mass is 354 g/mol. The molecule has 5 nitrogen and oxygen atoms in total. The number of hydrogen-bond donors (Lipinski definition) is 1. The van der Waals surface area contributed by atoms with Gasteiger partial charge in [-0.05, 0) is 19.5 Å². The third kappa shape index (κ3) is 4.94. The molecule has 1 aromatic heterocycles. The van der Waals surface area contributed by atoms with E-state index >= 15 is 0 Å². The highest BCUT2D eigenvalue weighted by Gasteiger charge is 2.25. The van der Waals surface area contributed by atoms with Crippen LogP contribution >= 0.6 is 24.2 Å². The van der Waals surface area contributed by atoms with Crippen LogP contribution in [0.3, 0.4) is 0 Å². The number of benzene rings is 1. The average molecular weight is 355 g/mol. The predicted molar refractivity (Wildman–Crippen MR) is 96.0 cm³/mol. The van der Waals surface area contributed by atoms with Gasteiger partial charge in [0, 0.05) is 25.4 Å². The van der Waals surface area contributed by atoms with Gasteiger partial charge in [0.2, 0.25) is 5.89 Å². The van der Waals surface area contributed by atoms with E-state index in [-0.39, 0.29) is 18.4 Å². The molecular formula is C16H23ClN4OS. The molecule has 7 heteroatoms. The summed E-state index contributed by atoms with van der Waals surface area (Å²) in [6.45, 7) is 5.01. The first-order valence-corrected chi connectivity index (χ1v) is 8.74. The quantitative estimate of drug-likeness (QED) is 0.891. The maximum Gasteiger partial charge on any atom is 0.236 e. The molecule has 0 aliphatic carbocycles. The van der Waals surface area contributed by atoms with Crippen LogP contribution in [0.1, 0.15) is 28.9 Å². The van der Waals surface area contributed by atoms with Crippen molar-refractivity contribution in [1.82, 2.24) is 20.4 Å². The molecule has 0 radical (unpaired) electrons. The van der Waals surface area contributed by atoms with Gasteiger partial charge < -0.3 is 9.84 Å². The normalized spacial score (nSPS) is 18.6. The summed E-state index contributed by atoms with van der Waals surface area (Å²) >= 11 is 1.80. The van der Waals surface area contributed by atoms with Crippen molar-refractivity contribution in [2.75, 3.05) is 26.7 Å². The van der Waals surface area contributed by atoms with Gasteiger partial charge in [-0.25, -0.2) is 0 Å². The van der Waals surface area contributed by atoms with Gasteiger partial charge in [-0.15, -0.1) is 24.2 Å². The second-order valence-electron chi connectivity index (χ2n) is 5.73. The van der Waals surface area contributed by atoms with Crippen LogP contribution in [0.15, 0.2) is 28.8 Å². The molecule has 1 fully saturated rings. The lowest BCUT2D eigenvalue weighted by molar-refractivity contribution is 0.190. The van der Waals surface area contributed by atoms with Gasteiger partial charge in [0.15, 0.2) is 5.82 Å². The molecule has 2 heterocycles. The van der Waals surface area contributed by atoms with Gasteiger partial charge in [-0.3, -0.25) is 4.90 Å². The highest BCUT2D eigenvalue weighted by molar-refractivity contribution is 7.97. The molecule has 0 spiro atoms. The summed E-state index contributed by atoms with van der Waals surface area (Å²) in [7, 11) is 2.10. The molecule has 1 saturated heterocycles. The van der Waals surface area contributed by atoms with E-state index in [1.54, 1.807) is 11.8 Å². The number of nitrogens with zero attached hydrogens (tertiary/aromatic N) is 3. The minimum atomic E-state index is 0. The highest BCUT2D eigenvalue weighted by atomic mass is 35.5. The van der Waals surface area contributed by atoms with E-state index in [0.29, 0.717) is 5.89 Å². The second-order valence-corrected chi connectivity index (χ2v) is 6.71. The molecule has 0 amide bonds. The largest absolute Gasteiger partial charge is 0.338 e. The molecule has 1 aliphatic heterocycles. The van der Waals surface area contributed by atoms with Crippen molar-refractivity contribution >= 4 is 24.2 Å². The summed E-state index contributed by atoms with van der Waals surface area (Å²) in [5.41, 5.74) is 2.62. The summed E-state index contributed by atoms with van der Waals surface area (Å²) in [5.74, 6) is 3.22. The maximum absolute atomic E-state index is 5.39. The molecule has 1 atom stereocenters. The number of aromatic nitrogens is 2. The van der Waals surface area contributed by atoms with Crippen molar-refractivity contribution in [1.29, 1.82) is 0 Å². The number of likely N-dealkylation sites (N-methyl/N-ethyl adjacent to an activating group) is 1. The van der Waals surface area contributed by atoms with Crippen molar-refractivity contribution in [2.45, 2.75) is 24.5 Å². The Morgan fingerprint density at radius 2 is 2.09 bits per heavy atom. The Morgan fingerprint density at radius 3 is 2.83 bits per heavy atom. The Bertz CT molecular complexity index is 604. The van der Waals surface area contributed by atoms with E-state index in [2.05, 4.69) is 58.6 Å². The lowest BCUT2D eigenvalue weighted by Crippen LogP contribution is -2.44. The van der Waals surface area contributed by atoms with Gasteiger partial charge in [-0.1, -0.05) is 35.0 Å². The molecule has 0 saturated carbocycles. The van der Waals surface area contributed by atoms with Crippen molar-refractivity contribution in [2.24, 2.45) is 0 Å². The molecule has 0 bridgehead atoms. The SMILES string of the molecule is Cc1ccc(CSCc2nc(C3CNCCN3C)no2)cc1.Cl. The fourth-order valence-corrected chi connectivity index (χ4v) is 3.32.